The third kappa shape index (κ3) is 2.08. The summed E-state index contributed by atoms with van der Waals surface area (Å²) in [6.07, 6.45) is 0.471. The second-order valence-corrected chi connectivity index (χ2v) is 2.87. The first-order valence-corrected chi connectivity index (χ1v) is 3.95. The second kappa shape index (κ2) is 3.89. The normalized spacial score (nSPS) is 12.1. The zero-order valence-electron chi connectivity index (χ0n) is 7.12. The molecule has 1 aromatic carbocycles. The maximum Gasteiger partial charge on any atom is 0.0669 e. The first kappa shape index (κ1) is 8.76. The van der Waals surface area contributed by atoms with Gasteiger partial charge < -0.3 is 5.73 Å². The van der Waals surface area contributed by atoms with E-state index in [2.05, 4.69) is 6.07 Å². The lowest BCUT2D eigenvalue weighted by molar-refractivity contribution is 0.817. The van der Waals surface area contributed by atoms with Crippen molar-refractivity contribution in [2.45, 2.75) is 19.4 Å². The molecule has 1 rings (SSSR count). The number of nitrogens with two attached hydrogens (primary N) is 1. The molecule has 0 saturated carbocycles. The average Bonchev–Trinajstić information content (AvgIpc) is 2.06. The Bertz CT molecular complexity index is 280. The highest BCUT2D eigenvalue weighted by Gasteiger charge is 1.97. The molecule has 62 valence electrons. The molecule has 0 aliphatic carbocycles. The summed E-state index contributed by atoms with van der Waals surface area (Å²) in [5, 5.41) is 8.42. The van der Waals surface area contributed by atoms with Crippen LogP contribution >= 0.6 is 0 Å². The Morgan fingerprint density at radius 2 is 2.00 bits per heavy atom. The molecule has 0 aliphatic rings. The number of nitriles is 1. The Morgan fingerprint density at radius 3 is 2.42 bits per heavy atom. The molecule has 0 fully saturated rings. The van der Waals surface area contributed by atoms with Crippen LogP contribution < -0.4 is 5.73 Å². The van der Waals surface area contributed by atoms with Crippen molar-refractivity contribution in [1.29, 1.82) is 5.26 Å². The Hall–Kier alpha value is -1.33. The van der Waals surface area contributed by atoms with Crippen LogP contribution in [0.5, 0.6) is 0 Å². The van der Waals surface area contributed by atoms with Crippen molar-refractivity contribution >= 4 is 0 Å². The molecule has 0 unspecified atom stereocenters. The molecule has 0 saturated heterocycles. The van der Waals surface area contributed by atoms with Crippen molar-refractivity contribution in [3.8, 4) is 6.07 Å². The van der Waals surface area contributed by atoms with E-state index in [0.717, 1.165) is 11.1 Å². The molecule has 0 radical (unpaired) electrons. The van der Waals surface area contributed by atoms with Crippen LogP contribution in [0.4, 0.5) is 0 Å². The Balaban J connectivity index is 2.80. The highest BCUT2D eigenvalue weighted by atomic mass is 14.6. The number of rotatable bonds is 2. The van der Waals surface area contributed by atoms with Crippen LogP contribution in [0.2, 0.25) is 0 Å². The van der Waals surface area contributed by atoms with Gasteiger partial charge in [-0.15, -0.1) is 0 Å². The van der Waals surface area contributed by atoms with Gasteiger partial charge in [-0.2, -0.15) is 5.26 Å². The van der Waals surface area contributed by atoms with Crippen molar-refractivity contribution in [2.24, 2.45) is 5.73 Å². The van der Waals surface area contributed by atoms with Crippen LogP contribution in [-0.4, -0.2) is 0 Å². The van der Waals surface area contributed by atoms with Gasteiger partial charge in [0.15, 0.2) is 0 Å². The van der Waals surface area contributed by atoms with Crippen LogP contribution in [0.1, 0.15) is 24.1 Å². The van der Waals surface area contributed by atoms with Crippen LogP contribution in [0.3, 0.4) is 0 Å². The highest BCUT2D eigenvalue weighted by Crippen LogP contribution is 2.10. The van der Waals surface area contributed by atoms with E-state index in [1.54, 1.807) is 0 Å². The van der Waals surface area contributed by atoms with Gasteiger partial charge in [0.25, 0.3) is 0 Å². The average molecular weight is 160 g/mol. The zero-order chi connectivity index (χ0) is 8.97. The first-order chi connectivity index (χ1) is 5.74. The molecular formula is C10H12N2. The Morgan fingerprint density at radius 1 is 1.42 bits per heavy atom. The minimum absolute atomic E-state index is 0.0705. The van der Waals surface area contributed by atoms with Crippen molar-refractivity contribution in [2.75, 3.05) is 0 Å². The van der Waals surface area contributed by atoms with E-state index in [0.29, 0.717) is 6.42 Å². The SMILES string of the molecule is C[C@@H](N)c1ccc(CC#N)cc1. The highest BCUT2D eigenvalue weighted by molar-refractivity contribution is 5.25. The monoisotopic (exact) mass is 160 g/mol. The zero-order valence-corrected chi connectivity index (χ0v) is 7.12. The van der Waals surface area contributed by atoms with E-state index in [4.69, 9.17) is 11.0 Å². The Kier molecular flexibility index (Phi) is 2.84. The largest absolute Gasteiger partial charge is 0.324 e. The number of benzene rings is 1. The topological polar surface area (TPSA) is 49.8 Å². The van der Waals surface area contributed by atoms with Gasteiger partial charge in [0.1, 0.15) is 0 Å². The fraction of sp³-hybridized carbons (Fsp3) is 0.300. The molecular weight excluding hydrogens is 148 g/mol. The van der Waals surface area contributed by atoms with E-state index >= 15 is 0 Å². The van der Waals surface area contributed by atoms with E-state index < -0.39 is 0 Å². The Labute approximate surface area is 72.6 Å². The third-order valence-corrected chi connectivity index (χ3v) is 1.79. The van der Waals surface area contributed by atoms with Gasteiger partial charge in [-0.05, 0) is 18.1 Å². The summed E-state index contributed by atoms with van der Waals surface area (Å²) in [5.74, 6) is 0. The van der Waals surface area contributed by atoms with Crippen molar-refractivity contribution in [1.82, 2.24) is 0 Å². The van der Waals surface area contributed by atoms with Crippen LogP contribution in [0.25, 0.3) is 0 Å². The van der Waals surface area contributed by atoms with Crippen molar-refractivity contribution in [3.05, 3.63) is 35.4 Å². The number of nitrogens with zero attached hydrogens (tertiary/aromatic N) is 1. The summed E-state index contributed by atoms with van der Waals surface area (Å²) < 4.78 is 0. The minimum atomic E-state index is 0.0705. The van der Waals surface area contributed by atoms with Gasteiger partial charge in [-0.25, -0.2) is 0 Å². The molecule has 0 spiro atoms. The van der Waals surface area contributed by atoms with Gasteiger partial charge >= 0.3 is 0 Å². The molecule has 2 nitrogen and oxygen atoms in total. The molecule has 1 aromatic rings. The van der Waals surface area contributed by atoms with Gasteiger partial charge in [-0.3, -0.25) is 0 Å². The van der Waals surface area contributed by atoms with Crippen LogP contribution in [0, 0.1) is 11.3 Å². The van der Waals surface area contributed by atoms with Gasteiger partial charge in [0.2, 0.25) is 0 Å². The smallest absolute Gasteiger partial charge is 0.0669 e. The lowest BCUT2D eigenvalue weighted by atomic mass is 10.1. The number of hydrogen-bond donors (Lipinski definition) is 1. The van der Waals surface area contributed by atoms with Crippen LogP contribution in [-0.2, 0) is 6.42 Å². The number of hydrogen-bond acceptors (Lipinski definition) is 2. The lowest BCUT2D eigenvalue weighted by Crippen LogP contribution is -2.04. The first-order valence-electron chi connectivity index (χ1n) is 3.95. The standard InChI is InChI=1S/C10H12N2/c1-8(12)10-4-2-9(3-5-10)6-7-11/h2-5,8H,6,12H2,1H3/t8-/m1/s1. The minimum Gasteiger partial charge on any atom is -0.324 e. The molecule has 0 aliphatic heterocycles. The summed E-state index contributed by atoms with van der Waals surface area (Å²) in [6.45, 7) is 1.94. The fourth-order valence-corrected chi connectivity index (χ4v) is 1.03. The maximum atomic E-state index is 8.42. The predicted octanol–water partition coefficient (Wildman–Crippen LogP) is 1.77. The maximum absolute atomic E-state index is 8.42. The molecule has 0 bridgehead atoms. The van der Waals surface area contributed by atoms with E-state index in [9.17, 15) is 0 Å². The van der Waals surface area contributed by atoms with Gasteiger partial charge in [0, 0.05) is 6.04 Å². The lowest BCUT2D eigenvalue weighted by Gasteiger charge is -2.04. The van der Waals surface area contributed by atoms with E-state index in [1.165, 1.54) is 0 Å². The summed E-state index contributed by atoms with van der Waals surface area (Å²) in [5.41, 5.74) is 7.82. The quantitative estimate of drug-likeness (QED) is 0.716. The summed E-state index contributed by atoms with van der Waals surface area (Å²) >= 11 is 0. The van der Waals surface area contributed by atoms with E-state index in [-0.39, 0.29) is 6.04 Å². The van der Waals surface area contributed by atoms with Crippen LogP contribution in [0.15, 0.2) is 24.3 Å². The van der Waals surface area contributed by atoms with Crippen molar-refractivity contribution in [3.63, 3.8) is 0 Å². The molecule has 0 aromatic heterocycles. The third-order valence-electron chi connectivity index (χ3n) is 1.79. The predicted molar refractivity (Wildman–Crippen MR) is 48.4 cm³/mol. The molecule has 2 N–H and O–H groups in total. The fourth-order valence-electron chi connectivity index (χ4n) is 1.03. The molecule has 12 heavy (non-hydrogen) atoms. The second-order valence-electron chi connectivity index (χ2n) is 2.87. The molecule has 0 amide bonds. The summed E-state index contributed by atoms with van der Waals surface area (Å²) in [4.78, 5) is 0. The van der Waals surface area contributed by atoms with E-state index in [1.807, 2.05) is 31.2 Å². The molecule has 1 atom stereocenters. The molecule has 2 heteroatoms. The van der Waals surface area contributed by atoms with Gasteiger partial charge in [0.05, 0.1) is 12.5 Å². The van der Waals surface area contributed by atoms with Crippen molar-refractivity contribution < 1.29 is 0 Å². The summed E-state index contributed by atoms with van der Waals surface area (Å²) in [6, 6.07) is 10.0. The molecule has 0 heterocycles. The van der Waals surface area contributed by atoms with Gasteiger partial charge in [-0.1, -0.05) is 24.3 Å². The summed E-state index contributed by atoms with van der Waals surface area (Å²) in [7, 11) is 0.